The molecule has 0 unspecified atom stereocenters. The minimum atomic E-state index is -0.183. The third kappa shape index (κ3) is 2.50. The molecule has 0 N–H and O–H groups in total. The van der Waals surface area contributed by atoms with E-state index in [1.165, 1.54) is 7.11 Å². The van der Waals surface area contributed by atoms with E-state index < -0.39 is 0 Å². The summed E-state index contributed by atoms with van der Waals surface area (Å²) in [6.07, 6.45) is 1.31. The number of nitrogens with zero attached hydrogens (tertiary/aromatic N) is 3. The van der Waals surface area contributed by atoms with E-state index in [4.69, 9.17) is 4.74 Å². The minimum absolute atomic E-state index is 0.0363. The number of aromatic nitrogens is 2. The van der Waals surface area contributed by atoms with Crippen molar-refractivity contribution in [3.63, 3.8) is 0 Å². The van der Waals surface area contributed by atoms with Gasteiger partial charge in [-0.05, 0) is 31.3 Å². The van der Waals surface area contributed by atoms with E-state index in [1.54, 1.807) is 11.8 Å². The number of hydrogen-bond donors (Lipinski definition) is 0. The van der Waals surface area contributed by atoms with Gasteiger partial charge in [-0.25, -0.2) is 0 Å². The van der Waals surface area contributed by atoms with Crippen molar-refractivity contribution in [1.29, 1.82) is 0 Å². The lowest BCUT2D eigenvalue weighted by Gasteiger charge is -2.30. The van der Waals surface area contributed by atoms with Crippen LogP contribution in [-0.4, -0.2) is 46.6 Å². The second kappa shape index (κ2) is 5.43. The first-order valence-electron chi connectivity index (χ1n) is 5.79. The highest BCUT2D eigenvalue weighted by Crippen LogP contribution is 2.21. The Hall–Kier alpha value is -1.50. The van der Waals surface area contributed by atoms with Crippen LogP contribution in [0.15, 0.2) is 0 Å². The Bertz CT molecular complexity index is 452. The van der Waals surface area contributed by atoms with Gasteiger partial charge in [-0.3, -0.25) is 9.59 Å². The first kappa shape index (κ1) is 12.9. The Labute approximate surface area is 109 Å². The van der Waals surface area contributed by atoms with Gasteiger partial charge in [0.25, 0.3) is 5.91 Å². The van der Waals surface area contributed by atoms with Gasteiger partial charge in [0.2, 0.25) is 0 Å². The molecule has 0 atom stereocenters. The van der Waals surface area contributed by atoms with Crippen molar-refractivity contribution in [2.24, 2.45) is 5.92 Å². The van der Waals surface area contributed by atoms with Crippen molar-refractivity contribution in [2.45, 2.75) is 19.8 Å². The van der Waals surface area contributed by atoms with E-state index in [0.717, 1.165) is 11.5 Å². The van der Waals surface area contributed by atoms with Crippen molar-refractivity contribution >= 4 is 23.4 Å². The highest BCUT2D eigenvalue weighted by atomic mass is 32.1. The summed E-state index contributed by atoms with van der Waals surface area (Å²) in [5.74, 6) is -0.303. The second-order valence-electron chi connectivity index (χ2n) is 4.28. The van der Waals surface area contributed by atoms with E-state index in [1.807, 2.05) is 0 Å². The van der Waals surface area contributed by atoms with E-state index >= 15 is 0 Å². The molecule has 98 valence electrons. The predicted molar refractivity (Wildman–Crippen MR) is 65.3 cm³/mol. The van der Waals surface area contributed by atoms with Crippen molar-refractivity contribution < 1.29 is 14.3 Å². The summed E-state index contributed by atoms with van der Waals surface area (Å²) in [7, 11) is 1.40. The molecule has 0 radical (unpaired) electrons. The monoisotopic (exact) mass is 269 g/mol. The van der Waals surface area contributed by atoms with Gasteiger partial charge in [-0.1, -0.05) is 4.49 Å². The minimum Gasteiger partial charge on any atom is -0.469 e. The highest BCUT2D eigenvalue weighted by molar-refractivity contribution is 7.07. The van der Waals surface area contributed by atoms with E-state index in [0.29, 0.717) is 36.5 Å². The Morgan fingerprint density at radius 3 is 2.56 bits per heavy atom. The first-order chi connectivity index (χ1) is 8.63. The Morgan fingerprint density at radius 1 is 1.39 bits per heavy atom. The molecule has 0 aliphatic carbocycles. The molecular formula is C11H15N3O3S. The number of methoxy groups -OCH3 is 1. The molecule has 6 nitrogen and oxygen atoms in total. The van der Waals surface area contributed by atoms with Crippen molar-refractivity contribution in [1.82, 2.24) is 14.5 Å². The van der Waals surface area contributed by atoms with Gasteiger partial charge in [0, 0.05) is 13.1 Å². The van der Waals surface area contributed by atoms with Crippen LogP contribution in [0.25, 0.3) is 0 Å². The van der Waals surface area contributed by atoms with Crippen LogP contribution in [0.1, 0.15) is 28.2 Å². The topological polar surface area (TPSA) is 72.4 Å². The second-order valence-corrected chi connectivity index (χ2v) is 5.03. The number of rotatable bonds is 2. The number of ether oxygens (including phenoxy) is 1. The maximum absolute atomic E-state index is 12.2. The Balaban J connectivity index is 1.96. The van der Waals surface area contributed by atoms with Crippen LogP contribution in [0.3, 0.4) is 0 Å². The summed E-state index contributed by atoms with van der Waals surface area (Å²) in [6, 6.07) is 0. The molecule has 0 bridgehead atoms. The lowest BCUT2D eigenvalue weighted by Crippen LogP contribution is -2.40. The van der Waals surface area contributed by atoms with Gasteiger partial charge in [0.1, 0.15) is 4.88 Å². The van der Waals surface area contributed by atoms with Gasteiger partial charge in [-0.15, -0.1) is 5.10 Å². The lowest BCUT2D eigenvalue weighted by atomic mass is 9.97. The number of likely N-dealkylation sites (tertiary alicyclic amines) is 1. The molecule has 1 amide bonds. The number of hydrogen-bond acceptors (Lipinski definition) is 6. The summed E-state index contributed by atoms with van der Waals surface area (Å²) in [6.45, 7) is 2.93. The zero-order chi connectivity index (χ0) is 13.1. The summed E-state index contributed by atoms with van der Waals surface area (Å²) in [5.41, 5.74) is 0.667. The average Bonchev–Trinajstić information content (AvgIpc) is 2.83. The number of esters is 1. The highest BCUT2D eigenvalue weighted by Gasteiger charge is 2.29. The number of amides is 1. The molecule has 2 rings (SSSR count). The molecule has 0 spiro atoms. The van der Waals surface area contributed by atoms with Crippen LogP contribution >= 0.6 is 11.5 Å². The molecule has 1 aromatic rings. The zero-order valence-electron chi connectivity index (χ0n) is 10.4. The average molecular weight is 269 g/mol. The summed E-state index contributed by atoms with van der Waals surface area (Å²) in [5, 5.41) is 3.84. The van der Waals surface area contributed by atoms with Gasteiger partial charge in [0.05, 0.1) is 18.7 Å². The largest absolute Gasteiger partial charge is 0.469 e. The van der Waals surface area contributed by atoms with Crippen LogP contribution in [-0.2, 0) is 9.53 Å². The SMILES string of the molecule is COC(=O)C1CCN(C(=O)c2snnc2C)CC1. The van der Waals surface area contributed by atoms with Crippen LogP contribution in [0.2, 0.25) is 0 Å². The smallest absolute Gasteiger partial charge is 0.308 e. The van der Waals surface area contributed by atoms with Crippen molar-refractivity contribution in [3.05, 3.63) is 10.6 Å². The number of aryl methyl sites for hydroxylation is 1. The zero-order valence-corrected chi connectivity index (χ0v) is 11.2. The Morgan fingerprint density at radius 2 is 2.06 bits per heavy atom. The molecule has 1 saturated heterocycles. The fourth-order valence-electron chi connectivity index (χ4n) is 2.06. The maximum atomic E-state index is 12.2. The number of carbonyl (C=O) groups is 2. The van der Waals surface area contributed by atoms with E-state index in [9.17, 15) is 9.59 Å². The number of piperidine rings is 1. The molecule has 18 heavy (non-hydrogen) atoms. The Kier molecular flexibility index (Phi) is 3.90. The molecule has 0 aromatic carbocycles. The predicted octanol–water partition coefficient (Wildman–Crippen LogP) is 0.872. The van der Waals surface area contributed by atoms with Crippen LogP contribution < -0.4 is 0 Å². The third-order valence-electron chi connectivity index (χ3n) is 3.16. The van der Waals surface area contributed by atoms with Crippen LogP contribution in [0, 0.1) is 12.8 Å². The fourth-order valence-corrected chi connectivity index (χ4v) is 2.68. The molecule has 2 heterocycles. The molecule has 1 fully saturated rings. The summed E-state index contributed by atoms with van der Waals surface area (Å²) >= 11 is 1.12. The van der Waals surface area contributed by atoms with Gasteiger partial charge in [-0.2, -0.15) is 0 Å². The van der Waals surface area contributed by atoms with E-state index in [-0.39, 0.29) is 17.8 Å². The molecule has 1 aliphatic heterocycles. The quantitative estimate of drug-likeness (QED) is 0.745. The molecule has 1 aliphatic rings. The van der Waals surface area contributed by atoms with Crippen LogP contribution in [0.5, 0.6) is 0 Å². The van der Waals surface area contributed by atoms with Crippen LogP contribution in [0.4, 0.5) is 0 Å². The van der Waals surface area contributed by atoms with Crippen molar-refractivity contribution in [3.8, 4) is 0 Å². The normalized spacial score (nSPS) is 16.7. The first-order valence-corrected chi connectivity index (χ1v) is 6.57. The standard InChI is InChI=1S/C11H15N3O3S/c1-7-9(18-13-12-7)10(15)14-5-3-8(4-6-14)11(16)17-2/h8H,3-6H2,1-2H3. The van der Waals surface area contributed by atoms with Crippen molar-refractivity contribution in [2.75, 3.05) is 20.2 Å². The molecule has 1 aromatic heterocycles. The van der Waals surface area contributed by atoms with E-state index in [2.05, 4.69) is 9.59 Å². The lowest BCUT2D eigenvalue weighted by molar-refractivity contribution is -0.146. The molecular weight excluding hydrogens is 254 g/mol. The van der Waals surface area contributed by atoms with Gasteiger partial charge < -0.3 is 9.64 Å². The third-order valence-corrected chi connectivity index (χ3v) is 3.98. The van der Waals surface area contributed by atoms with Gasteiger partial charge in [0.15, 0.2) is 0 Å². The summed E-state index contributed by atoms with van der Waals surface area (Å²) in [4.78, 5) is 25.9. The summed E-state index contributed by atoms with van der Waals surface area (Å²) < 4.78 is 8.48. The molecule has 7 heteroatoms. The fraction of sp³-hybridized carbons (Fsp3) is 0.636. The van der Waals surface area contributed by atoms with Gasteiger partial charge >= 0.3 is 5.97 Å². The maximum Gasteiger partial charge on any atom is 0.308 e. The number of carbonyl (C=O) groups excluding carboxylic acids is 2. The molecule has 0 saturated carbocycles.